The van der Waals surface area contributed by atoms with E-state index in [0.717, 1.165) is 44.9 Å². The highest BCUT2D eigenvalue weighted by Gasteiger charge is 2.27. The Bertz CT molecular complexity index is 807. The molecule has 1 aromatic carbocycles. The number of sulfonamides is 1. The summed E-state index contributed by atoms with van der Waals surface area (Å²) in [5, 5.41) is 3.01. The van der Waals surface area contributed by atoms with Crippen molar-refractivity contribution in [2.24, 2.45) is 0 Å². The Morgan fingerprint density at radius 3 is 2.48 bits per heavy atom. The number of piperidine rings is 1. The molecule has 1 aromatic rings. The fourth-order valence-electron chi connectivity index (χ4n) is 3.24. The van der Waals surface area contributed by atoms with Gasteiger partial charge in [-0.1, -0.05) is 30.9 Å². The normalized spacial score (nSPS) is 15.1. The quantitative estimate of drug-likeness (QED) is 0.441. The van der Waals surface area contributed by atoms with E-state index < -0.39 is 10.0 Å². The maximum absolute atomic E-state index is 12.8. The number of nitrogens with zero attached hydrogens (tertiary/aromatic N) is 1. The molecular formula is C20H29ClN2O5S. The van der Waals surface area contributed by atoms with Crippen molar-refractivity contribution in [3.8, 4) is 0 Å². The van der Waals surface area contributed by atoms with Gasteiger partial charge in [0.1, 0.15) is 0 Å². The third kappa shape index (κ3) is 6.97. The lowest BCUT2D eigenvalue weighted by atomic mass is 10.1. The Balaban J connectivity index is 1.88. The highest BCUT2D eigenvalue weighted by Crippen LogP contribution is 2.25. The van der Waals surface area contributed by atoms with Gasteiger partial charge in [-0.15, -0.1) is 0 Å². The second kappa shape index (κ2) is 11.5. The van der Waals surface area contributed by atoms with Crippen molar-refractivity contribution in [2.75, 3.05) is 26.7 Å². The lowest BCUT2D eigenvalue weighted by Crippen LogP contribution is -2.35. The number of amides is 1. The summed E-state index contributed by atoms with van der Waals surface area (Å²) in [7, 11) is -2.25. The molecule has 1 aliphatic heterocycles. The van der Waals surface area contributed by atoms with Crippen LogP contribution in [0.15, 0.2) is 23.1 Å². The van der Waals surface area contributed by atoms with Gasteiger partial charge in [0.15, 0.2) is 0 Å². The predicted molar refractivity (Wildman–Crippen MR) is 111 cm³/mol. The molecular weight excluding hydrogens is 416 g/mol. The molecule has 162 valence electrons. The standard InChI is InChI=1S/C20H29ClN2O5S/c1-28-19(24)9-5-2-3-6-12-22-20(25)17-15-16(10-11-18(17)21)29(26,27)23-13-7-4-8-14-23/h10-11,15H,2-9,12-14H2,1H3,(H,22,25). The topological polar surface area (TPSA) is 92.8 Å². The molecule has 0 bridgehead atoms. The van der Waals surface area contributed by atoms with Crippen molar-refractivity contribution in [2.45, 2.75) is 56.3 Å². The van der Waals surface area contributed by atoms with Crippen LogP contribution in [-0.2, 0) is 19.6 Å². The number of ether oxygens (including phenoxy) is 1. The summed E-state index contributed by atoms with van der Waals surface area (Å²) in [6.45, 7) is 1.46. The fraction of sp³-hybridized carbons (Fsp3) is 0.600. The van der Waals surface area contributed by atoms with E-state index in [1.807, 2.05) is 0 Å². The molecule has 0 unspecified atom stereocenters. The number of halogens is 1. The number of rotatable bonds is 10. The average Bonchev–Trinajstić information content (AvgIpc) is 2.73. The maximum Gasteiger partial charge on any atom is 0.305 e. The summed E-state index contributed by atoms with van der Waals surface area (Å²) in [5.74, 6) is -0.604. The van der Waals surface area contributed by atoms with Gasteiger partial charge >= 0.3 is 5.97 Å². The van der Waals surface area contributed by atoms with Crippen molar-refractivity contribution >= 4 is 33.5 Å². The van der Waals surface area contributed by atoms with Crippen LogP contribution in [0.25, 0.3) is 0 Å². The molecule has 7 nitrogen and oxygen atoms in total. The van der Waals surface area contributed by atoms with Crippen molar-refractivity contribution in [3.63, 3.8) is 0 Å². The van der Waals surface area contributed by atoms with Gasteiger partial charge in [-0.25, -0.2) is 8.42 Å². The number of carbonyl (C=O) groups excluding carboxylic acids is 2. The number of unbranched alkanes of at least 4 members (excludes halogenated alkanes) is 3. The van der Waals surface area contributed by atoms with Gasteiger partial charge in [0.05, 0.1) is 22.6 Å². The summed E-state index contributed by atoms with van der Waals surface area (Å²) < 4.78 is 31.7. The van der Waals surface area contributed by atoms with Crippen molar-refractivity contribution in [3.05, 3.63) is 28.8 Å². The summed E-state index contributed by atoms with van der Waals surface area (Å²) >= 11 is 6.14. The molecule has 2 rings (SSSR count). The van der Waals surface area contributed by atoms with Crippen LogP contribution in [0, 0.1) is 0 Å². The van der Waals surface area contributed by atoms with E-state index in [0.29, 0.717) is 26.1 Å². The molecule has 0 radical (unpaired) electrons. The summed E-state index contributed by atoms with van der Waals surface area (Å²) in [5.41, 5.74) is 0.162. The van der Waals surface area contributed by atoms with Crippen LogP contribution in [-0.4, -0.2) is 51.3 Å². The molecule has 1 amide bonds. The summed E-state index contributed by atoms with van der Waals surface area (Å²) in [6.07, 6.45) is 6.38. The first-order valence-electron chi connectivity index (χ1n) is 10.0. The number of nitrogens with one attached hydrogen (secondary N) is 1. The van der Waals surface area contributed by atoms with E-state index in [4.69, 9.17) is 11.6 Å². The van der Waals surface area contributed by atoms with Gasteiger partial charge < -0.3 is 10.1 Å². The van der Waals surface area contributed by atoms with Crippen LogP contribution in [0.3, 0.4) is 0 Å². The van der Waals surface area contributed by atoms with Crippen LogP contribution in [0.1, 0.15) is 61.7 Å². The molecule has 1 fully saturated rings. The number of esters is 1. The van der Waals surface area contributed by atoms with E-state index in [-0.39, 0.29) is 27.4 Å². The second-order valence-corrected chi connectivity index (χ2v) is 9.45. The zero-order valence-electron chi connectivity index (χ0n) is 16.8. The van der Waals surface area contributed by atoms with Crippen LogP contribution in [0.4, 0.5) is 0 Å². The minimum absolute atomic E-state index is 0.0942. The molecule has 1 saturated heterocycles. The first-order valence-corrected chi connectivity index (χ1v) is 11.8. The van der Waals surface area contributed by atoms with Crippen molar-refractivity contribution in [1.29, 1.82) is 0 Å². The number of methoxy groups -OCH3 is 1. The van der Waals surface area contributed by atoms with Gasteiger partial charge in [-0.05, 0) is 43.9 Å². The van der Waals surface area contributed by atoms with E-state index in [2.05, 4.69) is 10.1 Å². The van der Waals surface area contributed by atoms with E-state index in [1.54, 1.807) is 0 Å². The second-order valence-electron chi connectivity index (χ2n) is 7.10. The van der Waals surface area contributed by atoms with Crippen molar-refractivity contribution in [1.82, 2.24) is 9.62 Å². The van der Waals surface area contributed by atoms with Gasteiger partial charge in [-0.2, -0.15) is 4.31 Å². The molecule has 0 spiro atoms. The van der Waals surface area contributed by atoms with Crippen LogP contribution in [0.2, 0.25) is 5.02 Å². The van der Waals surface area contributed by atoms with Gasteiger partial charge in [0, 0.05) is 26.1 Å². The largest absolute Gasteiger partial charge is 0.469 e. The smallest absolute Gasteiger partial charge is 0.305 e. The van der Waals surface area contributed by atoms with E-state index in [1.165, 1.54) is 29.6 Å². The molecule has 1 N–H and O–H groups in total. The van der Waals surface area contributed by atoms with Crippen LogP contribution in [0.5, 0.6) is 0 Å². The van der Waals surface area contributed by atoms with Crippen LogP contribution < -0.4 is 5.32 Å². The SMILES string of the molecule is COC(=O)CCCCCCNC(=O)c1cc(S(=O)(=O)N2CCCCC2)ccc1Cl. The Morgan fingerprint density at radius 1 is 1.10 bits per heavy atom. The Kier molecular flexibility index (Phi) is 9.39. The van der Waals surface area contributed by atoms with Gasteiger partial charge in [0.25, 0.3) is 5.91 Å². The Morgan fingerprint density at radius 2 is 1.79 bits per heavy atom. The maximum atomic E-state index is 12.8. The van der Waals surface area contributed by atoms with Crippen LogP contribution >= 0.6 is 11.6 Å². The lowest BCUT2D eigenvalue weighted by molar-refractivity contribution is -0.140. The number of hydrogen-bond donors (Lipinski definition) is 1. The number of hydrogen-bond acceptors (Lipinski definition) is 5. The lowest BCUT2D eigenvalue weighted by Gasteiger charge is -2.26. The highest BCUT2D eigenvalue weighted by atomic mass is 35.5. The first kappa shape index (κ1) is 23.6. The number of carbonyl (C=O) groups is 2. The molecule has 9 heteroatoms. The third-order valence-electron chi connectivity index (χ3n) is 4.96. The molecule has 1 heterocycles. The van der Waals surface area contributed by atoms with E-state index in [9.17, 15) is 18.0 Å². The zero-order chi connectivity index (χ0) is 21.3. The molecule has 1 aliphatic rings. The molecule has 29 heavy (non-hydrogen) atoms. The molecule has 0 aromatic heterocycles. The third-order valence-corrected chi connectivity index (χ3v) is 7.18. The Hall–Kier alpha value is -1.64. The highest BCUT2D eigenvalue weighted by molar-refractivity contribution is 7.89. The predicted octanol–water partition coefficient (Wildman–Crippen LogP) is 3.37. The zero-order valence-corrected chi connectivity index (χ0v) is 18.4. The van der Waals surface area contributed by atoms with Gasteiger partial charge in [0.2, 0.25) is 10.0 Å². The Labute approximate surface area is 177 Å². The molecule has 0 saturated carbocycles. The van der Waals surface area contributed by atoms with Gasteiger partial charge in [-0.3, -0.25) is 9.59 Å². The fourth-order valence-corrected chi connectivity index (χ4v) is 4.99. The number of benzene rings is 1. The molecule has 0 aliphatic carbocycles. The first-order chi connectivity index (χ1) is 13.9. The van der Waals surface area contributed by atoms with Crippen molar-refractivity contribution < 1.29 is 22.7 Å². The summed E-state index contributed by atoms with van der Waals surface area (Å²) in [4.78, 5) is 23.6. The van der Waals surface area contributed by atoms with E-state index >= 15 is 0 Å². The summed E-state index contributed by atoms with van der Waals surface area (Å²) in [6, 6.07) is 4.27. The average molecular weight is 445 g/mol. The monoisotopic (exact) mass is 444 g/mol. The molecule has 0 atom stereocenters. The minimum Gasteiger partial charge on any atom is -0.469 e. The minimum atomic E-state index is -3.62.